The SMILES string of the molecule is Cc1cc(C)c(NC(=NC(C(F)(F)F)C(F)(F)F)c2ccccc2)c(C)c1. The summed E-state index contributed by atoms with van der Waals surface area (Å²) in [6.07, 6.45) is -11.1. The number of hydrogen-bond acceptors (Lipinski definition) is 1. The van der Waals surface area contributed by atoms with Crippen molar-refractivity contribution < 1.29 is 26.3 Å². The molecule has 2 nitrogen and oxygen atoms in total. The number of anilines is 1. The Morgan fingerprint density at radius 3 is 1.78 bits per heavy atom. The van der Waals surface area contributed by atoms with E-state index >= 15 is 0 Å². The predicted octanol–water partition coefficient (Wildman–Crippen LogP) is 5.96. The fraction of sp³-hybridized carbons (Fsp3) is 0.316. The fourth-order valence-corrected chi connectivity index (χ4v) is 2.73. The molecule has 0 unspecified atom stereocenters. The first-order chi connectivity index (χ1) is 12.4. The lowest BCUT2D eigenvalue weighted by Gasteiger charge is -2.22. The van der Waals surface area contributed by atoms with Gasteiger partial charge in [-0.3, -0.25) is 0 Å². The fourth-order valence-electron chi connectivity index (χ4n) is 2.73. The average Bonchev–Trinajstić information content (AvgIpc) is 2.51. The van der Waals surface area contributed by atoms with Gasteiger partial charge in [-0.15, -0.1) is 0 Å². The lowest BCUT2D eigenvalue weighted by atomic mass is 10.0. The van der Waals surface area contributed by atoms with Crippen LogP contribution in [-0.2, 0) is 0 Å². The van der Waals surface area contributed by atoms with Crippen LogP contribution in [0.1, 0.15) is 22.3 Å². The lowest BCUT2D eigenvalue weighted by Crippen LogP contribution is -2.42. The maximum Gasteiger partial charge on any atom is 0.419 e. The van der Waals surface area contributed by atoms with Crippen LogP contribution in [0.2, 0.25) is 0 Å². The van der Waals surface area contributed by atoms with Crippen molar-refractivity contribution in [2.24, 2.45) is 4.99 Å². The molecule has 0 saturated carbocycles. The van der Waals surface area contributed by atoms with E-state index in [9.17, 15) is 26.3 Å². The number of aliphatic imine (C=N–C) groups is 1. The zero-order valence-electron chi connectivity index (χ0n) is 14.8. The molecule has 2 rings (SSSR count). The minimum Gasteiger partial charge on any atom is -0.340 e. The first-order valence-electron chi connectivity index (χ1n) is 8.01. The summed E-state index contributed by atoms with van der Waals surface area (Å²) in [4.78, 5) is 3.04. The van der Waals surface area contributed by atoms with Gasteiger partial charge in [-0.25, -0.2) is 4.99 Å². The molecule has 8 heteroatoms. The molecular formula is C19H18F6N2. The third kappa shape index (κ3) is 5.24. The molecule has 0 saturated heterocycles. The van der Waals surface area contributed by atoms with E-state index in [0.29, 0.717) is 16.8 Å². The topological polar surface area (TPSA) is 24.4 Å². The second-order valence-electron chi connectivity index (χ2n) is 6.23. The zero-order valence-corrected chi connectivity index (χ0v) is 14.8. The Morgan fingerprint density at radius 1 is 0.852 bits per heavy atom. The van der Waals surface area contributed by atoms with Crippen molar-refractivity contribution in [3.8, 4) is 0 Å². The largest absolute Gasteiger partial charge is 0.419 e. The molecule has 146 valence electrons. The number of aryl methyl sites for hydroxylation is 3. The monoisotopic (exact) mass is 388 g/mol. The number of nitrogens with zero attached hydrogens (tertiary/aromatic N) is 1. The molecule has 27 heavy (non-hydrogen) atoms. The maximum absolute atomic E-state index is 13.0. The van der Waals surface area contributed by atoms with Gasteiger partial charge >= 0.3 is 12.4 Å². The Morgan fingerprint density at radius 2 is 1.33 bits per heavy atom. The van der Waals surface area contributed by atoms with Gasteiger partial charge in [0.1, 0.15) is 5.84 Å². The second-order valence-corrected chi connectivity index (χ2v) is 6.23. The molecular weight excluding hydrogens is 370 g/mol. The van der Waals surface area contributed by atoms with Crippen molar-refractivity contribution in [1.29, 1.82) is 0 Å². The van der Waals surface area contributed by atoms with Crippen LogP contribution in [-0.4, -0.2) is 24.2 Å². The molecule has 2 aromatic carbocycles. The molecule has 0 aliphatic rings. The number of nitrogens with one attached hydrogen (secondary N) is 1. The minimum atomic E-state index is -5.56. The van der Waals surface area contributed by atoms with Crippen LogP contribution in [0.5, 0.6) is 0 Å². The van der Waals surface area contributed by atoms with E-state index in [-0.39, 0.29) is 5.56 Å². The summed E-state index contributed by atoms with van der Waals surface area (Å²) >= 11 is 0. The van der Waals surface area contributed by atoms with Crippen LogP contribution in [0, 0.1) is 20.8 Å². The van der Waals surface area contributed by atoms with Crippen molar-refractivity contribution >= 4 is 11.5 Å². The van der Waals surface area contributed by atoms with Gasteiger partial charge in [-0.2, -0.15) is 26.3 Å². The van der Waals surface area contributed by atoms with Crippen LogP contribution < -0.4 is 5.32 Å². The van der Waals surface area contributed by atoms with E-state index in [0.717, 1.165) is 5.56 Å². The van der Waals surface area contributed by atoms with Crippen LogP contribution in [0.25, 0.3) is 0 Å². The number of alkyl halides is 6. The Balaban J connectivity index is 2.60. The van der Waals surface area contributed by atoms with E-state index in [2.05, 4.69) is 10.3 Å². The number of benzene rings is 2. The van der Waals surface area contributed by atoms with Crippen LogP contribution >= 0.6 is 0 Å². The van der Waals surface area contributed by atoms with Crippen molar-refractivity contribution in [1.82, 2.24) is 0 Å². The van der Waals surface area contributed by atoms with E-state index in [1.807, 2.05) is 6.92 Å². The summed E-state index contributed by atoms with van der Waals surface area (Å²) in [7, 11) is 0. The third-order valence-electron chi connectivity index (χ3n) is 3.85. The van der Waals surface area contributed by atoms with Crippen molar-refractivity contribution in [3.05, 3.63) is 64.7 Å². The molecule has 0 aliphatic heterocycles. The number of hydrogen-bond donors (Lipinski definition) is 1. The molecule has 0 fully saturated rings. The van der Waals surface area contributed by atoms with Gasteiger partial charge in [0.2, 0.25) is 6.04 Å². The van der Waals surface area contributed by atoms with E-state index in [1.165, 1.54) is 24.3 Å². The van der Waals surface area contributed by atoms with Crippen LogP contribution in [0.3, 0.4) is 0 Å². The van der Waals surface area contributed by atoms with Gasteiger partial charge in [-0.05, 0) is 31.9 Å². The Labute approximate surface area is 152 Å². The smallest absolute Gasteiger partial charge is 0.340 e. The van der Waals surface area contributed by atoms with E-state index in [1.54, 1.807) is 32.0 Å². The minimum absolute atomic E-state index is 0.121. The Kier molecular flexibility index (Phi) is 5.87. The molecule has 0 radical (unpaired) electrons. The normalized spacial score (nSPS) is 13.2. The molecule has 0 aliphatic carbocycles. The standard InChI is InChI=1S/C19H18F6N2/c1-11-9-12(2)15(13(3)10-11)26-16(14-7-5-4-6-8-14)27-17(18(20,21)22)19(23,24)25/h4-10,17H,1-3H3,(H,26,27). The van der Waals surface area contributed by atoms with Gasteiger partial charge in [0, 0.05) is 11.3 Å². The van der Waals surface area contributed by atoms with E-state index < -0.39 is 24.2 Å². The number of halogens is 6. The highest BCUT2D eigenvalue weighted by Crippen LogP contribution is 2.36. The highest BCUT2D eigenvalue weighted by molar-refractivity contribution is 6.09. The van der Waals surface area contributed by atoms with Gasteiger partial charge in [-0.1, -0.05) is 48.0 Å². The van der Waals surface area contributed by atoms with Crippen molar-refractivity contribution in [2.75, 3.05) is 5.32 Å². The zero-order chi connectivity index (χ0) is 20.4. The summed E-state index contributed by atoms with van der Waals surface area (Å²) in [5, 5.41) is 2.68. The lowest BCUT2D eigenvalue weighted by molar-refractivity contribution is -0.247. The van der Waals surface area contributed by atoms with Gasteiger partial charge < -0.3 is 5.32 Å². The van der Waals surface area contributed by atoms with Gasteiger partial charge in [0.05, 0.1) is 0 Å². The summed E-state index contributed by atoms with van der Waals surface area (Å²) in [5.41, 5.74) is 2.84. The second kappa shape index (κ2) is 7.62. The van der Waals surface area contributed by atoms with Crippen molar-refractivity contribution in [3.63, 3.8) is 0 Å². The molecule has 1 N–H and O–H groups in total. The number of rotatable bonds is 3. The molecule has 2 aromatic rings. The van der Waals surface area contributed by atoms with E-state index in [4.69, 9.17) is 0 Å². The number of amidine groups is 1. The summed E-state index contributed by atoms with van der Waals surface area (Å²) in [5.74, 6) is -0.495. The molecule has 0 amide bonds. The quantitative estimate of drug-likeness (QED) is 0.391. The molecule has 0 spiro atoms. The Bertz CT molecular complexity index is 785. The summed E-state index contributed by atoms with van der Waals surface area (Å²) in [6, 6.07) is 7.16. The van der Waals surface area contributed by atoms with Gasteiger partial charge in [0.25, 0.3) is 0 Å². The average molecular weight is 388 g/mol. The molecule has 0 atom stereocenters. The van der Waals surface area contributed by atoms with Crippen molar-refractivity contribution in [2.45, 2.75) is 39.2 Å². The third-order valence-corrected chi connectivity index (χ3v) is 3.85. The summed E-state index contributed by atoms with van der Waals surface area (Å²) in [6.45, 7) is 5.28. The molecule has 0 bridgehead atoms. The molecule has 0 aromatic heterocycles. The maximum atomic E-state index is 13.0. The van der Waals surface area contributed by atoms with Crippen LogP contribution in [0.4, 0.5) is 32.0 Å². The summed E-state index contributed by atoms with van der Waals surface area (Å²) < 4.78 is 77.9. The molecule has 0 heterocycles. The first-order valence-corrected chi connectivity index (χ1v) is 8.01. The van der Waals surface area contributed by atoms with Crippen LogP contribution in [0.15, 0.2) is 47.5 Å². The Hall–Kier alpha value is -2.51. The first kappa shape index (κ1) is 20.8. The highest BCUT2D eigenvalue weighted by Gasteiger charge is 2.57. The van der Waals surface area contributed by atoms with Gasteiger partial charge in [0.15, 0.2) is 0 Å². The highest BCUT2D eigenvalue weighted by atomic mass is 19.4. The predicted molar refractivity (Wildman–Crippen MR) is 93.2 cm³/mol.